The number of aromatic nitrogens is 4. The number of likely N-dealkylation sites (tertiary alicyclic amines) is 2. The standard InChI is InChI=1S/C44H54N8O8S2/c1-23-25-19-33(27-21-45-39(47-27)29-11-9-15-51(29)41(53)35(49-43(55)57-3)31-13-5-7-17-59-31)62-38(25)24(2)26-20-34(61-37(23)26)28-22-46-40(48-28)30-12-10-16-52(30)42(54)36(50-44(56)58-4)32-14-6-8-18-60-32/h19-22,29-32,35-36H,5-18H2,1-4H3,(H,45,47)(H,46,48)(H,49,55)(H,50,56). The number of H-pyrrole nitrogens is 2. The Morgan fingerprint density at radius 2 is 1.11 bits per heavy atom. The van der Waals surface area contributed by atoms with Crippen LogP contribution in [0.3, 0.4) is 0 Å². The number of nitrogens with one attached hydrogen (secondary N) is 4. The number of hydrogen-bond donors (Lipinski definition) is 4. The Morgan fingerprint density at radius 1 is 0.677 bits per heavy atom. The molecule has 0 aliphatic carbocycles. The van der Waals surface area contributed by atoms with Crippen LogP contribution in [0.25, 0.3) is 41.3 Å². The Hall–Kier alpha value is -5.04. The van der Waals surface area contributed by atoms with Crippen LogP contribution in [0.4, 0.5) is 9.59 Å². The van der Waals surface area contributed by atoms with Crippen LogP contribution in [0.15, 0.2) is 24.5 Å². The highest BCUT2D eigenvalue weighted by Crippen LogP contribution is 2.46. The summed E-state index contributed by atoms with van der Waals surface area (Å²) in [5, 5.41) is 7.89. The normalized spacial score (nSPS) is 22.8. The molecule has 62 heavy (non-hydrogen) atoms. The van der Waals surface area contributed by atoms with E-state index in [0.717, 1.165) is 84.2 Å². The topological polar surface area (TPSA) is 193 Å². The minimum Gasteiger partial charge on any atom is -0.453 e. The Labute approximate surface area is 367 Å². The van der Waals surface area contributed by atoms with Crippen LogP contribution >= 0.6 is 22.7 Å². The lowest BCUT2D eigenvalue weighted by molar-refractivity contribution is -0.140. The minimum atomic E-state index is -0.831. The highest BCUT2D eigenvalue weighted by Gasteiger charge is 2.42. The molecule has 330 valence electrons. The molecule has 6 unspecified atom stereocenters. The SMILES string of the molecule is COC(=O)NC(C(=O)N1CCCC1c1ncc(-c2cc3c(C)c4sc(-c5cnc(C6CCCN6C(=O)C(NC(=O)OC)C6CCCCO6)[nH]5)cc4c(C)c3s2)[nH]1)C1CCCCO1. The third kappa shape index (κ3) is 8.05. The average molecular weight is 887 g/mol. The van der Waals surface area contributed by atoms with E-state index in [1.165, 1.54) is 45.5 Å². The molecule has 4 fully saturated rings. The summed E-state index contributed by atoms with van der Waals surface area (Å²) in [5.41, 5.74) is 4.18. The van der Waals surface area contributed by atoms with Gasteiger partial charge in [0.2, 0.25) is 11.8 Å². The first-order chi connectivity index (χ1) is 30.1. The van der Waals surface area contributed by atoms with Crippen LogP contribution in [0.1, 0.15) is 99.1 Å². The summed E-state index contributed by atoms with van der Waals surface area (Å²) in [6, 6.07) is 2.30. The maximum atomic E-state index is 14.1. The van der Waals surface area contributed by atoms with Crippen LogP contribution in [0, 0.1) is 13.8 Å². The molecule has 4 amide bonds. The van der Waals surface area contributed by atoms with Gasteiger partial charge in [0.25, 0.3) is 0 Å². The van der Waals surface area contributed by atoms with Crippen molar-refractivity contribution in [1.29, 1.82) is 0 Å². The number of carbonyl (C=O) groups excluding carboxylic acids is 4. The molecule has 0 radical (unpaired) electrons. The predicted octanol–water partition coefficient (Wildman–Crippen LogP) is 7.43. The van der Waals surface area contributed by atoms with E-state index in [4.69, 9.17) is 28.9 Å². The van der Waals surface area contributed by atoms with Gasteiger partial charge in [-0.05, 0) is 112 Å². The number of amides is 4. The van der Waals surface area contributed by atoms with Crippen molar-refractivity contribution >= 4 is 66.8 Å². The largest absolute Gasteiger partial charge is 0.453 e. The number of benzene rings is 1. The fourth-order valence-electron chi connectivity index (χ4n) is 9.71. The zero-order valence-electron chi connectivity index (χ0n) is 35.5. The number of ether oxygens (including phenoxy) is 4. The smallest absolute Gasteiger partial charge is 0.407 e. The summed E-state index contributed by atoms with van der Waals surface area (Å²) < 4.78 is 24.1. The number of fused-ring (bicyclic) bond motifs is 2. The van der Waals surface area contributed by atoms with Gasteiger partial charge in [0.15, 0.2) is 0 Å². The molecule has 5 aromatic rings. The Morgan fingerprint density at radius 3 is 1.50 bits per heavy atom. The number of aryl methyl sites for hydroxylation is 2. The molecule has 1 aromatic carbocycles. The summed E-state index contributed by atoms with van der Waals surface area (Å²) in [6.07, 6.45) is 9.90. The second-order valence-corrected chi connectivity index (χ2v) is 18.8. The third-order valence-electron chi connectivity index (χ3n) is 13.0. The van der Waals surface area contributed by atoms with Gasteiger partial charge in [0.05, 0.1) is 72.0 Å². The summed E-state index contributed by atoms with van der Waals surface area (Å²) >= 11 is 3.45. The van der Waals surface area contributed by atoms with E-state index >= 15 is 0 Å². The van der Waals surface area contributed by atoms with Crippen molar-refractivity contribution in [2.24, 2.45) is 0 Å². The van der Waals surface area contributed by atoms with E-state index in [0.29, 0.717) is 39.1 Å². The molecule has 4 aromatic heterocycles. The van der Waals surface area contributed by atoms with Crippen LogP contribution in [0.5, 0.6) is 0 Å². The average Bonchev–Trinajstić information content (AvgIpc) is 4.15. The second-order valence-electron chi connectivity index (χ2n) is 16.7. The van der Waals surface area contributed by atoms with Crippen molar-refractivity contribution in [3.63, 3.8) is 0 Å². The lowest BCUT2D eigenvalue weighted by atomic mass is 10.0. The maximum Gasteiger partial charge on any atom is 0.407 e. The fourth-order valence-corrected chi connectivity index (χ4v) is 12.1. The van der Waals surface area contributed by atoms with Crippen LogP contribution in [0.2, 0.25) is 0 Å². The van der Waals surface area contributed by atoms with Crippen LogP contribution in [-0.4, -0.2) is 119 Å². The number of methoxy groups -OCH3 is 2. The molecule has 4 saturated heterocycles. The second kappa shape index (κ2) is 18.0. The molecule has 9 rings (SSSR count). The third-order valence-corrected chi connectivity index (χ3v) is 15.6. The first-order valence-electron chi connectivity index (χ1n) is 21.7. The summed E-state index contributed by atoms with van der Waals surface area (Å²) in [6.45, 7) is 6.59. The van der Waals surface area contributed by atoms with Gasteiger partial charge in [-0.2, -0.15) is 0 Å². The van der Waals surface area contributed by atoms with Gasteiger partial charge >= 0.3 is 12.2 Å². The maximum absolute atomic E-state index is 14.1. The predicted molar refractivity (Wildman–Crippen MR) is 235 cm³/mol. The summed E-state index contributed by atoms with van der Waals surface area (Å²) in [5.74, 6) is 1.09. The van der Waals surface area contributed by atoms with E-state index in [-0.39, 0.29) is 23.9 Å². The van der Waals surface area contributed by atoms with E-state index < -0.39 is 36.5 Å². The fraction of sp³-hybridized carbons (Fsp3) is 0.545. The number of hydrogen-bond acceptors (Lipinski definition) is 12. The zero-order chi connectivity index (χ0) is 43.1. The van der Waals surface area contributed by atoms with E-state index in [1.54, 1.807) is 22.7 Å². The zero-order valence-corrected chi connectivity index (χ0v) is 37.2. The van der Waals surface area contributed by atoms with Crippen molar-refractivity contribution < 1.29 is 38.1 Å². The van der Waals surface area contributed by atoms with Crippen molar-refractivity contribution in [3.05, 3.63) is 47.3 Å². The van der Waals surface area contributed by atoms with E-state index in [9.17, 15) is 19.2 Å². The van der Waals surface area contributed by atoms with Gasteiger partial charge in [-0.1, -0.05) is 0 Å². The first-order valence-corrected chi connectivity index (χ1v) is 23.4. The molecule has 8 heterocycles. The highest BCUT2D eigenvalue weighted by molar-refractivity contribution is 7.24. The molecule has 4 aliphatic heterocycles. The minimum absolute atomic E-state index is 0.180. The molecule has 16 nitrogen and oxygen atoms in total. The Balaban J connectivity index is 0.937. The molecule has 4 aliphatic rings. The molecule has 0 bridgehead atoms. The first kappa shape index (κ1) is 42.3. The van der Waals surface area contributed by atoms with Crippen molar-refractivity contribution in [1.82, 2.24) is 40.4 Å². The van der Waals surface area contributed by atoms with E-state index in [1.807, 2.05) is 22.2 Å². The molecule has 0 spiro atoms. The summed E-state index contributed by atoms with van der Waals surface area (Å²) in [7, 11) is 2.59. The van der Waals surface area contributed by atoms with Crippen LogP contribution < -0.4 is 10.6 Å². The molecular weight excluding hydrogens is 833 g/mol. The lowest BCUT2D eigenvalue weighted by Gasteiger charge is -2.34. The highest BCUT2D eigenvalue weighted by atomic mass is 32.1. The molecule has 0 saturated carbocycles. The Kier molecular flexibility index (Phi) is 12.3. The Bertz CT molecular complexity index is 2240. The lowest BCUT2D eigenvalue weighted by Crippen LogP contribution is -2.55. The van der Waals surface area contributed by atoms with Gasteiger partial charge < -0.3 is 49.3 Å². The number of aromatic amines is 2. The quantitative estimate of drug-likeness (QED) is 0.110. The van der Waals surface area contributed by atoms with Crippen molar-refractivity contribution in [2.75, 3.05) is 40.5 Å². The number of rotatable bonds is 10. The molecule has 18 heteroatoms. The van der Waals surface area contributed by atoms with Gasteiger partial charge in [-0.3, -0.25) is 9.59 Å². The monoisotopic (exact) mass is 886 g/mol. The molecule has 4 N–H and O–H groups in total. The van der Waals surface area contributed by atoms with Gasteiger partial charge in [-0.25, -0.2) is 19.6 Å². The van der Waals surface area contributed by atoms with Crippen LogP contribution in [-0.2, 0) is 28.5 Å². The number of imidazole rings is 2. The number of alkyl carbamates (subject to hydrolysis) is 2. The molecule has 6 atom stereocenters. The number of carbonyl (C=O) groups is 4. The van der Waals surface area contributed by atoms with E-state index in [2.05, 4.69) is 46.6 Å². The van der Waals surface area contributed by atoms with Gasteiger partial charge in [0.1, 0.15) is 23.7 Å². The molecular formula is C44H54N8O8S2. The number of nitrogens with zero attached hydrogens (tertiary/aromatic N) is 4. The van der Waals surface area contributed by atoms with Gasteiger partial charge in [0, 0.05) is 35.7 Å². The van der Waals surface area contributed by atoms with Crippen molar-refractivity contribution in [2.45, 2.75) is 114 Å². The number of thiophene rings is 2. The van der Waals surface area contributed by atoms with Gasteiger partial charge in [-0.15, -0.1) is 22.7 Å². The van der Waals surface area contributed by atoms with Crippen molar-refractivity contribution in [3.8, 4) is 21.1 Å². The summed E-state index contributed by atoms with van der Waals surface area (Å²) in [4.78, 5) is 75.3.